The van der Waals surface area contributed by atoms with Crippen LogP contribution in [0.4, 0.5) is 4.79 Å². The van der Waals surface area contributed by atoms with Crippen LogP contribution in [-0.4, -0.2) is 37.2 Å². The van der Waals surface area contributed by atoms with Crippen molar-refractivity contribution in [2.24, 2.45) is 0 Å². The second kappa shape index (κ2) is 5.69. The van der Waals surface area contributed by atoms with Crippen molar-refractivity contribution in [3.8, 4) is 6.07 Å². The molecule has 2 aliphatic rings. The smallest absolute Gasteiger partial charge is 0.321 e. The molecule has 1 aliphatic heterocycles. The van der Waals surface area contributed by atoms with Crippen LogP contribution in [0.25, 0.3) is 0 Å². The van der Waals surface area contributed by atoms with E-state index in [9.17, 15) is 4.79 Å². The molecule has 5 heteroatoms. The van der Waals surface area contributed by atoms with Crippen molar-refractivity contribution < 1.29 is 9.53 Å². The predicted octanol–water partition coefficient (Wildman–Crippen LogP) is 1.38. The Kier molecular flexibility index (Phi) is 3.99. The summed E-state index contributed by atoms with van der Waals surface area (Å²) in [6.07, 6.45) is 3.68. The first-order valence-electron chi connectivity index (χ1n) is 6.07. The van der Waals surface area contributed by atoms with Crippen molar-refractivity contribution in [2.45, 2.75) is 25.7 Å². The summed E-state index contributed by atoms with van der Waals surface area (Å²) in [5.74, 6) is 0. The van der Waals surface area contributed by atoms with E-state index >= 15 is 0 Å². The van der Waals surface area contributed by atoms with E-state index in [4.69, 9.17) is 10.00 Å². The van der Waals surface area contributed by atoms with Crippen LogP contribution in [0.2, 0.25) is 0 Å². The van der Waals surface area contributed by atoms with Gasteiger partial charge in [-0.2, -0.15) is 5.26 Å². The molecule has 0 radical (unpaired) electrons. The minimum Gasteiger partial charge on any atom is -0.378 e. The van der Waals surface area contributed by atoms with Crippen LogP contribution in [-0.2, 0) is 4.74 Å². The largest absolute Gasteiger partial charge is 0.378 e. The number of nitrogens with zero attached hydrogens (tertiary/aromatic N) is 2. The predicted molar refractivity (Wildman–Crippen MR) is 62.0 cm³/mol. The molecule has 0 aromatic rings. The van der Waals surface area contributed by atoms with Crippen LogP contribution in [0.1, 0.15) is 25.7 Å². The number of hydrogen-bond donors (Lipinski definition) is 1. The van der Waals surface area contributed by atoms with Gasteiger partial charge in [0.1, 0.15) is 0 Å². The Hall–Kier alpha value is -1.54. The zero-order valence-electron chi connectivity index (χ0n) is 9.87. The average molecular weight is 235 g/mol. The van der Waals surface area contributed by atoms with E-state index in [0.29, 0.717) is 26.3 Å². The van der Waals surface area contributed by atoms with Gasteiger partial charge in [-0.05, 0) is 25.7 Å². The number of nitriles is 1. The molecule has 17 heavy (non-hydrogen) atoms. The molecule has 0 atom stereocenters. The highest BCUT2D eigenvalue weighted by Crippen LogP contribution is 2.22. The van der Waals surface area contributed by atoms with Crippen LogP contribution in [0.3, 0.4) is 0 Å². The average Bonchev–Trinajstić information content (AvgIpc) is 2.40. The minimum absolute atomic E-state index is 0.0991. The maximum absolute atomic E-state index is 11.9. The van der Waals surface area contributed by atoms with Gasteiger partial charge < -0.3 is 15.0 Å². The molecule has 1 N–H and O–H groups in total. The molecular weight excluding hydrogens is 218 g/mol. The van der Waals surface area contributed by atoms with Crippen LogP contribution < -0.4 is 5.32 Å². The fourth-order valence-electron chi connectivity index (χ4n) is 2.14. The fraction of sp³-hybridized carbons (Fsp3) is 0.667. The summed E-state index contributed by atoms with van der Waals surface area (Å²) < 4.78 is 5.20. The van der Waals surface area contributed by atoms with Crippen molar-refractivity contribution in [2.75, 3.05) is 26.3 Å². The van der Waals surface area contributed by atoms with Crippen molar-refractivity contribution >= 4 is 6.03 Å². The van der Waals surface area contributed by atoms with Crippen molar-refractivity contribution in [1.29, 1.82) is 5.26 Å². The quantitative estimate of drug-likeness (QED) is 0.746. The van der Waals surface area contributed by atoms with Gasteiger partial charge in [-0.1, -0.05) is 0 Å². The van der Waals surface area contributed by atoms with Gasteiger partial charge in [-0.15, -0.1) is 0 Å². The van der Waals surface area contributed by atoms with E-state index in [1.54, 1.807) is 4.90 Å². The van der Waals surface area contributed by atoms with Crippen LogP contribution in [0, 0.1) is 11.3 Å². The van der Waals surface area contributed by atoms with Gasteiger partial charge in [-0.25, -0.2) is 4.79 Å². The summed E-state index contributed by atoms with van der Waals surface area (Å²) in [4.78, 5) is 13.7. The number of morpholine rings is 1. The lowest BCUT2D eigenvalue weighted by Gasteiger charge is -2.28. The fourth-order valence-corrected chi connectivity index (χ4v) is 2.14. The van der Waals surface area contributed by atoms with Gasteiger partial charge in [0, 0.05) is 24.4 Å². The Morgan fingerprint density at radius 2 is 2.00 bits per heavy atom. The van der Waals surface area contributed by atoms with E-state index in [1.807, 2.05) is 0 Å². The summed E-state index contributed by atoms with van der Waals surface area (Å²) >= 11 is 0. The van der Waals surface area contributed by atoms with E-state index in [0.717, 1.165) is 37.0 Å². The maximum atomic E-state index is 11.9. The summed E-state index contributed by atoms with van der Waals surface area (Å²) in [5, 5.41) is 11.9. The second-order valence-corrected chi connectivity index (χ2v) is 4.31. The molecule has 2 amide bonds. The Morgan fingerprint density at radius 1 is 1.29 bits per heavy atom. The Balaban J connectivity index is 1.97. The molecule has 0 unspecified atom stereocenters. The Labute approximate surface area is 101 Å². The molecule has 1 fully saturated rings. The molecule has 1 heterocycles. The number of urea groups is 1. The van der Waals surface area contributed by atoms with Crippen LogP contribution >= 0.6 is 0 Å². The number of ether oxygens (including phenoxy) is 1. The number of amides is 2. The highest BCUT2D eigenvalue weighted by Gasteiger charge is 2.20. The second-order valence-electron chi connectivity index (χ2n) is 4.31. The number of carbonyl (C=O) groups is 1. The van der Waals surface area contributed by atoms with E-state index < -0.39 is 0 Å². The number of carbonyl (C=O) groups excluding carboxylic acids is 1. The molecule has 2 rings (SSSR count). The first-order valence-corrected chi connectivity index (χ1v) is 6.07. The highest BCUT2D eigenvalue weighted by molar-refractivity contribution is 5.76. The lowest BCUT2D eigenvalue weighted by Crippen LogP contribution is -2.46. The number of nitrogens with one attached hydrogen (secondary N) is 1. The molecule has 0 bridgehead atoms. The summed E-state index contributed by atoms with van der Waals surface area (Å²) in [5.41, 5.74) is 1.55. The molecular formula is C12H17N3O2. The summed E-state index contributed by atoms with van der Waals surface area (Å²) in [6.45, 7) is 2.44. The number of allylic oxidation sites excluding steroid dienone is 2. The van der Waals surface area contributed by atoms with Crippen LogP contribution in [0.15, 0.2) is 11.3 Å². The number of hydrogen-bond acceptors (Lipinski definition) is 3. The van der Waals surface area contributed by atoms with Gasteiger partial charge in [0.2, 0.25) is 0 Å². The molecule has 0 saturated carbocycles. The maximum Gasteiger partial charge on any atom is 0.321 e. The Bertz CT molecular complexity index is 364. The Morgan fingerprint density at radius 3 is 2.71 bits per heavy atom. The van der Waals surface area contributed by atoms with Crippen molar-refractivity contribution in [3.05, 3.63) is 11.3 Å². The lowest BCUT2D eigenvalue weighted by molar-refractivity contribution is 0.0537. The van der Waals surface area contributed by atoms with Crippen molar-refractivity contribution in [3.63, 3.8) is 0 Å². The molecule has 1 aliphatic carbocycles. The van der Waals surface area contributed by atoms with Crippen LogP contribution in [0.5, 0.6) is 0 Å². The lowest BCUT2D eigenvalue weighted by atomic mass is 9.97. The molecule has 1 saturated heterocycles. The standard InChI is InChI=1S/C12H17N3O2/c13-9-10-3-1-2-4-11(10)14-12(16)15-5-7-17-8-6-15/h1-8H2,(H,14,16). The third-order valence-corrected chi connectivity index (χ3v) is 3.16. The van der Waals surface area contributed by atoms with Gasteiger partial charge in [-0.3, -0.25) is 0 Å². The van der Waals surface area contributed by atoms with Gasteiger partial charge in [0.15, 0.2) is 0 Å². The molecule has 0 aromatic carbocycles. The summed E-state index contributed by atoms with van der Waals surface area (Å²) in [7, 11) is 0. The SMILES string of the molecule is N#CC1=C(NC(=O)N2CCOCC2)CCCC1. The summed E-state index contributed by atoms with van der Waals surface area (Å²) in [6, 6.07) is 2.08. The van der Waals surface area contributed by atoms with E-state index in [1.165, 1.54) is 0 Å². The van der Waals surface area contributed by atoms with E-state index in [-0.39, 0.29) is 6.03 Å². The number of rotatable bonds is 1. The minimum atomic E-state index is -0.0991. The molecule has 0 spiro atoms. The highest BCUT2D eigenvalue weighted by atomic mass is 16.5. The molecule has 92 valence electrons. The van der Waals surface area contributed by atoms with Gasteiger partial charge >= 0.3 is 6.03 Å². The first kappa shape index (κ1) is 11.9. The molecule has 0 aromatic heterocycles. The van der Waals surface area contributed by atoms with E-state index in [2.05, 4.69) is 11.4 Å². The molecule has 5 nitrogen and oxygen atoms in total. The third-order valence-electron chi connectivity index (χ3n) is 3.16. The van der Waals surface area contributed by atoms with Gasteiger partial charge in [0.05, 0.1) is 19.3 Å². The van der Waals surface area contributed by atoms with Crippen molar-refractivity contribution in [1.82, 2.24) is 10.2 Å². The monoisotopic (exact) mass is 235 g/mol. The zero-order valence-corrected chi connectivity index (χ0v) is 9.87. The first-order chi connectivity index (χ1) is 8.31. The third kappa shape index (κ3) is 2.98. The topological polar surface area (TPSA) is 65.4 Å². The normalized spacial score (nSPS) is 21.0. The van der Waals surface area contributed by atoms with Gasteiger partial charge in [0.25, 0.3) is 0 Å². The zero-order chi connectivity index (χ0) is 12.1.